The number of nitrogens with zero attached hydrogens (tertiary/aromatic N) is 1. The first kappa shape index (κ1) is 11.5. The van der Waals surface area contributed by atoms with Gasteiger partial charge in [0.2, 0.25) is 0 Å². The molecule has 0 aromatic carbocycles. The zero-order valence-corrected chi connectivity index (χ0v) is 10.4. The van der Waals surface area contributed by atoms with Crippen LogP contribution in [0.4, 0.5) is 5.82 Å². The molecule has 2 rings (SSSR count). The van der Waals surface area contributed by atoms with Gasteiger partial charge in [0, 0.05) is 23.7 Å². The van der Waals surface area contributed by atoms with Crippen LogP contribution in [0.2, 0.25) is 0 Å². The molecule has 86 valence electrons. The van der Waals surface area contributed by atoms with E-state index in [1.807, 2.05) is 17.8 Å². The average molecular weight is 234 g/mol. The van der Waals surface area contributed by atoms with Gasteiger partial charge in [-0.05, 0) is 30.9 Å². The van der Waals surface area contributed by atoms with Crippen LogP contribution in [-0.4, -0.2) is 23.0 Å². The van der Waals surface area contributed by atoms with E-state index in [4.69, 9.17) is 0 Å². The molecule has 2 nitrogen and oxygen atoms in total. The predicted molar refractivity (Wildman–Crippen MR) is 72.3 cm³/mol. The normalized spacial score (nSPS) is 13.5. The van der Waals surface area contributed by atoms with Crippen LogP contribution in [0.3, 0.4) is 0 Å². The second kappa shape index (κ2) is 5.94. The minimum absolute atomic E-state index is 0.976. The van der Waals surface area contributed by atoms with Crippen molar-refractivity contribution >= 4 is 17.6 Å². The molecule has 0 unspecified atom stereocenters. The summed E-state index contributed by atoms with van der Waals surface area (Å²) in [6, 6.07) is 4.32. The number of thioether (sulfide) groups is 1. The van der Waals surface area contributed by atoms with E-state index in [1.165, 1.54) is 24.1 Å². The van der Waals surface area contributed by atoms with Crippen LogP contribution in [0.5, 0.6) is 0 Å². The molecule has 0 radical (unpaired) electrons. The van der Waals surface area contributed by atoms with E-state index < -0.39 is 0 Å². The first-order valence-electron chi connectivity index (χ1n) is 5.81. The van der Waals surface area contributed by atoms with E-state index in [1.54, 1.807) is 0 Å². The lowest BCUT2D eigenvalue weighted by atomic mass is 10.2. The summed E-state index contributed by atoms with van der Waals surface area (Å²) in [6.45, 7) is 4.68. The number of nitrogens with one attached hydrogen (secondary N) is 1. The third-order valence-electron chi connectivity index (χ3n) is 2.72. The Bertz CT molecular complexity index is 363. The number of aryl methyl sites for hydroxylation is 2. The number of hydrogen-bond donors (Lipinski definition) is 1. The molecular formula is C13H18N2S. The second-order valence-corrected chi connectivity index (χ2v) is 5.10. The van der Waals surface area contributed by atoms with Crippen molar-refractivity contribution in [3.05, 3.63) is 36.0 Å². The molecule has 1 aromatic rings. The second-order valence-electron chi connectivity index (χ2n) is 3.95. The van der Waals surface area contributed by atoms with Crippen molar-refractivity contribution < 1.29 is 0 Å². The summed E-state index contributed by atoms with van der Waals surface area (Å²) < 4.78 is 0. The monoisotopic (exact) mass is 234 g/mol. The van der Waals surface area contributed by atoms with Crippen LogP contribution in [0.15, 0.2) is 24.8 Å². The number of hydrogen-bond acceptors (Lipinski definition) is 3. The summed E-state index contributed by atoms with van der Waals surface area (Å²) >= 11 is 1.89. The van der Waals surface area contributed by atoms with Gasteiger partial charge in [-0.1, -0.05) is 12.1 Å². The molecule has 16 heavy (non-hydrogen) atoms. The molecule has 0 atom stereocenters. The lowest BCUT2D eigenvalue weighted by molar-refractivity contribution is 0.899. The highest BCUT2D eigenvalue weighted by Gasteiger charge is 2.11. The Labute approximate surface area is 102 Å². The van der Waals surface area contributed by atoms with Gasteiger partial charge in [-0.2, -0.15) is 11.8 Å². The lowest BCUT2D eigenvalue weighted by Gasteiger charge is -2.06. The largest absolute Gasteiger partial charge is 0.369 e. The summed E-state index contributed by atoms with van der Waals surface area (Å²) in [6.07, 6.45) is 5.56. The van der Waals surface area contributed by atoms with Crippen LogP contribution in [0.1, 0.15) is 17.7 Å². The summed E-state index contributed by atoms with van der Waals surface area (Å²) in [5, 5.41) is 3.37. The molecule has 1 aromatic heterocycles. The highest BCUT2D eigenvalue weighted by molar-refractivity contribution is 7.99. The van der Waals surface area contributed by atoms with Crippen LogP contribution in [0, 0.1) is 0 Å². The maximum absolute atomic E-state index is 4.63. The Morgan fingerprint density at radius 3 is 3.25 bits per heavy atom. The highest BCUT2D eigenvalue weighted by Crippen LogP contribution is 2.21. The van der Waals surface area contributed by atoms with Gasteiger partial charge in [0.1, 0.15) is 5.82 Å². The molecular weight excluding hydrogens is 216 g/mol. The highest BCUT2D eigenvalue weighted by atomic mass is 32.2. The molecule has 0 amide bonds. The van der Waals surface area contributed by atoms with Crippen LogP contribution in [-0.2, 0) is 12.8 Å². The van der Waals surface area contributed by atoms with Crippen molar-refractivity contribution in [3.63, 3.8) is 0 Å². The van der Waals surface area contributed by atoms with E-state index in [-0.39, 0.29) is 0 Å². The first-order chi connectivity index (χ1) is 7.90. The molecule has 0 saturated carbocycles. The fourth-order valence-corrected chi connectivity index (χ4v) is 2.52. The molecule has 0 saturated heterocycles. The molecule has 1 aliphatic carbocycles. The Morgan fingerprint density at radius 2 is 2.38 bits per heavy atom. The summed E-state index contributed by atoms with van der Waals surface area (Å²) in [5.41, 5.74) is 2.73. The standard InChI is InChI=1S/C13H18N2S/c1-2-9-16-10-8-14-13-7-6-11-4-3-5-12(11)15-13/h2,6-7H,1,3-5,8-10H2,(H,14,15). The Hall–Kier alpha value is -0.960. The topological polar surface area (TPSA) is 24.9 Å². The number of rotatable bonds is 6. The van der Waals surface area contributed by atoms with Crippen molar-refractivity contribution in [1.29, 1.82) is 0 Å². The molecule has 0 bridgehead atoms. The molecule has 0 fully saturated rings. The average Bonchev–Trinajstić information content (AvgIpc) is 2.76. The van der Waals surface area contributed by atoms with Crippen molar-refractivity contribution in [2.45, 2.75) is 19.3 Å². The molecule has 0 spiro atoms. The van der Waals surface area contributed by atoms with Gasteiger partial charge >= 0.3 is 0 Å². The van der Waals surface area contributed by atoms with Crippen molar-refractivity contribution in [2.24, 2.45) is 0 Å². The molecule has 0 aliphatic heterocycles. The smallest absolute Gasteiger partial charge is 0.126 e. The number of fused-ring (bicyclic) bond motifs is 1. The van der Waals surface area contributed by atoms with Gasteiger partial charge in [-0.3, -0.25) is 0 Å². The fourth-order valence-electron chi connectivity index (χ4n) is 1.94. The Balaban J connectivity index is 1.79. The van der Waals surface area contributed by atoms with E-state index >= 15 is 0 Å². The number of aromatic nitrogens is 1. The number of anilines is 1. The van der Waals surface area contributed by atoms with Crippen LogP contribution in [0.25, 0.3) is 0 Å². The van der Waals surface area contributed by atoms with E-state index in [9.17, 15) is 0 Å². The fraction of sp³-hybridized carbons (Fsp3) is 0.462. The van der Waals surface area contributed by atoms with Gasteiger partial charge < -0.3 is 5.32 Å². The number of pyridine rings is 1. The third-order valence-corrected chi connectivity index (χ3v) is 3.68. The van der Waals surface area contributed by atoms with Crippen molar-refractivity contribution in [3.8, 4) is 0 Å². The maximum Gasteiger partial charge on any atom is 0.126 e. The van der Waals surface area contributed by atoms with Crippen LogP contribution >= 0.6 is 11.8 Å². The van der Waals surface area contributed by atoms with Gasteiger partial charge in [0.25, 0.3) is 0 Å². The predicted octanol–water partition coefficient (Wildman–Crippen LogP) is 2.90. The van der Waals surface area contributed by atoms with Crippen LogP contribution < -0.4 is 5.32 Å². The maximum atomic E-state index is 4.63. The molecule has 1 N–H and O–H groups in total. The van der Waals surface area contributed by atoms with Gasteiger partial charge in [0.15, 0.2) is 0 Å². The minimum atomic E-state index is 0.976. The lowest BCUT2D eigenvalue weighted by Crippen LogP contribution is -2.06. The molecule has 1 heterocycles. The summed E-state index contributed by atoms with van der Waals surface area (Å²) in [4.78, 5) is 4.63. The SMILES string of the molecule is C=CCSCCNc1ccc2c(n1)CCC2. The zero-order chi connectivity index (χ0) is 11.2. The first-order valence-corrected chi connectivity index (χ1v) is 6.97. The molecule has 1 aliphatic rings. The summed E-state index contributed by atoms with van der Waals surface area (Å²) in [7, 11) is 0. The summed E-state index contributed by atoms with van der Waals surface area (Å²) in [5.74, 6) is 3.16. The quantitative estimate of drug-likeness (QED) is 0.605. The van der Waals surface area contributed by atoms with Crippen molar-refractivity contribution in [2.75, 3.05) is 23.4 Å². The Morgan fingerprint density at radius 1 is 1.44 bits per heavy atom. The van der Waals surface area contributed by atoms with Crippen molar-refractivity contribution in [1.82, 2.24) is 4.98 Å². The van der Waals surface area contributed by atoms with E-state index in [0.717, 1.165) is 30.3 Å². The van der Waals surface area contributed by atoms with Gasteiger partial charge in [-0.15, -0.1) is 6.58 Å². The van der Waals surface area contributed by atoms with Gasteiger partial charge in [-0.25, -0.2) is 4.98 Å². The van der Waals surface area contributed by atoms with E-state index in [0.29, 0.717) is 0 Å². The van der Waals surface area contributed by atoms with E-state index in [2.05, 4.69) is 29.0 Å². The van der Waals surface area contributed by atoms with Gasteiger partial charge in [0.05, 0.1) is 0 Å². The minimum Gasteiger partial charge on any atom is -0.369 e. The Kier molecular flexibility index (Phi) is 4.28. The third kappa shape index (κ3) is 3.01. The zero-order valence-electron chi connectivity index (χ0n) is 9.54. The molecule has 3 heteroatoms.